The zero-order valence-corrected chi connectivity index (χ0v) is 18.9. The summed E-state index contributed by atoms with van der Waals surface area (Å²) in [6, 6.07) is 5.02. The minimum absolute atomic E-state index is 0.0391. The number of amides is 1. The van der Waals surface area contributed by atoms with Gasteiger partial charge < -0.3 is 15.0 Å². The van der Waals surface area contributed by atoms with Crippen molar-refractivity contribution in [3.63, 3.8) is 0 Å². The number of hydrogen-bond acceptors (Lipinski definition) is 3. The second-order valence-electron chi connectivity index (χ2n) is 10.9. The van der Waals surface area contributed by atoms with Gasteiger partial charge in [0.1, 0.15) is 11.6 Å². The van der Waals surface area contributed by atoms with Gasteiger partial charge in [-0.05, 0) is 118 Å². The Bertz CT molecular complexity index is 767. The number of benzene rings is 1. The Morgan fingerprint density at radius 1 is 1.13 bits per heavy atom. The fourth-order valence-electron chi connectivity index (χ4n) is 7.46. The van der Waals surface area contributed by atoms with Crippen molar-refractivity contribution in [2.45, 2.75) is 57.8 Å². The highest BCUT2D eigenvalue weighted by molar-refractivity contribution is 5.83. The largest absolute Gasteiger partial charge is 0.497 e. The molecule has 5 aliphatic rings. The summed E-state index contributed by atoms with van der Waals surface area (Å²) < 4.78 is 19.4. The molecule has 1 amide bonds. The van der Waals surface area contributed by atoms with E-state index in [-0.39, 0.29) is 11.2 Å². The summed E-state index contributed by atoms with van der Waals surface area (Å²) >= 11 is 0. The summed E-state index contributed by atoms with van der Waals surface area (Å²) in [5.41, 5.74) is 0.725. The molecule has 4 nitrogen and oxygen atoms in total. The SMILES string of the molecule is COc1ccc(F)c(CC2CCN(CCNC(=O)C34CC5CC(CC(C5)C3)C4)CC2)c1. The molecule has 0 unspecified atom stereocenters. The maximum Gasteiger partial charge on any atom is 0.226 e. The third kappa shape index (κ3) is 4.48. The van der Waals surface area contributed by atoms with E-state index < -0.39 is 0 Å². The van der Waals surface area contributed by atoms with Gasteiger partial charge in [-0.1, -0.05) is 0 Å². The average molecular weight is 429 g/mol. The van der Waals surface area contributed by atoms with E-state index in [2.05, 4.69) is 10.2 Å². The molecule has 1 saturated heterocycles. The van der Waals surface area contributed by atoms with Gasteiger partial charge in [0.05, 0.1) is 7.11 Å². The molecule has 1 aliphatic heterocycles. The Balaban J connectivity index is 1.05. The van der Waals surface area contributed by atoms with E-state index in [1.165, 1.54) is 25.3 Å². The van der Waals surface area contributed by atoms with Crippen molar-refractivity contribution in [1.82, 2.24) is 10.2 Å². The van der Waals surface area contributed by atoms with Crippen molar-refractivity contribution in [3.8, 4) is 5.75 Å². The molecule has 4 aliphatic carbocycles. The summed E-state index contributed by atoms with van der Waals surface area (Å²) in [5.74, 6) is 3.88. The number of nitrogens with one attached hydrogen (secondary N) is 1. The fourth-order valence-corrected chi connectivity index (χ4v) is 7.46. The zero-order valence-electron chi connectivity index (χ0n) is 18.9. The van der Waals surface area contributed by atoms with Gasteiger partial charge in [0.15, 0.2) is 0 Å². The number of piperidine rings is 1. The van der Waals surface area contributed by atoms with Gasteiger partial charge in [0.25, 0.3) is 0 Å². The van der Waals surface area contributed by atoms with Crippen LogP contribution < -0.4 is 10.1 Å². The first-order valence-electron chi connectivity index (χ1n) is 12.4. The fraction of sp³-hybridized carbons (Fsp3) is 0.731. The van der Waals surface area contributed by atoms with Gasteiger partial charge >= 0.3 is 0 Å². The molecule has 0 spiro atoms. The third-order valence-electron chi connectivity index (χ3n) is 8.70. The molecule has 1 aromatic rings. The molecule has 170 valence electrons. The minimum atomic E-state index is -0.129. The lowest BCUT2D eigenvalue weighted by molar-refractivity contribution is -0.146. The van der Waals surface area contributed by atoms with E-state index in [1.54, 1.807) is 13.2 Å². The van der Waals surface area contributed by atoms with Crippen LogP contribution in [0.15, 0.2) is 18.2 Å². The molecule has 31 heavy (non-hydrogen) atoms. The van der Waals surface area contributed by atoms with E-state index >= 15 is 0 Å². The Morgan fingerprint density at radius 2 is 1.77 bits per heavy atom. The van der Waals surface area contributed by atoms with Gasteiger partial charge in [0.2, 0.25) is 5.91 Å². The first-order valence-corrected chi connectivity index (χ1v) is 12.4. The van der Waals surface area contributed by atoms with Crippen LogP contribution in [0, 0.1) is 34.9 Å². The number of ether oxygens (including phenoxy) is 1. The van der Waals surface area contributed by atoms with Crippen LogP contribution in [0.25, 0.3) is 0 Å². The predicted octanol–water partition coefficient (Wildman–Crippen LogP) is 4.42. The number of hydrogen-bond donors (Lipinski definition) is 1. The lowest BCUT2D eigenvalue weighted by Crippen LogP contribution is -2.54. The van der Waals surface area contributed by atoms with Crippen LogP contribution in [-0.2, 0) is 11.2 Å². The first kappa shape index (κ1) is 21.2. The Labute approximate surface area is 185 Å². The smallest absolute Gasteiger partial charge is 0.226 e. The van der Waals surface area contributed by atoms with Crippen LogP contribution in [-0.4, -0.2) is 44.1 Å². The topological polar surface area (TPSA) is 41.6 Å². The number of rotatable bonds is 7. The van der Waals surface area contributed by atoms with Crippen molar-refractivity contribution in [2.75, 3.05) is 33.3 Å². The maximum absolute atomic E-state index is 14.1. The van der Waals surface area contributed by atoms with Crippen LogP contribution in [0.2, 0.25) is 0 Å². The van der Waals surface area contributed by atoms with E-state index in [4.69, 9.17) is 4.74 Å². The molecular weight excluding hydrogens is 391 g/mol. The molecule has 4 saturated carbocycles. The molecule has 1 heterocycles. The molecule has 4 bridgehead atoms. The lowest BCUT2D eigenvalue weighted by atomic mass is 9.49. The number of halogens is 1. The van der Waals surface area contributed by atoms with Gasteiger partial charge in [-0.25, -0.2) is 4.39 Å². The summed E-state index contributed by atoms with van der Waals surface area (Å²) in [5, 5.41) is 3.31. The Morgan fingerprint density at radius 3 is 2.39 bits per heavy atom. The molecular formula is C26H37FN2O2. The van der Waals surface area contributed by atoms with Crippen molar-refractivity contribution in [2.24, 2.45) is 29.1 Å². The number of nitrogens with zero attached hydrogens (tertiary/aromatic N) is 1. The van der Waals surface area contributed by atoms with Crippen molar-refractivity contribution < 1.29 is 13.9 Å². The van der Waals surface area contributed by atoms with E-state index in [9.17, 15) is 9.18 Å². The number of carbonyl (C=O) groups excluding carboxylic acids is 1. The van der Waals surface area contributed by atoms with Crippen LogP contribution in [0.4, 0.5) is 4.39 Å². The maximum atomic E-state index is 14.1. The van der Waals surface area contributed by atoms with E-state index in [0.717, 1.165) is 93.8 Å². The summed E-state index contributed by atoms with van der Waals surface area (Å²) in [7, 11) is 1.62. The van der Waals surface area contributed by atoms with Gasteiger partial charge in [-0.2, -0.15) is 0 Å². The van der Waals surface area contributed by atoms with Crippen molar-refractivity contribution in [3.05, 3.63) is 29.6 Å². The Hall–Kier alpha value is -1.62. The lowest BCUT2D eigenvalue weighted by Gasteiger charge is -2.55. The van der Waals surface area contributed by atoms with Crippen LogP contribution in [0.5, 0.6) is 5.75 Å². The molecule has 1 aromatic carbocycles. The number of likely N-dealkylation sites (tertiary alicyclic amines) is 1. The Kier molecular flexibility index (Phi) is 5.98. The zero-order chi connectivity index (χ0) is 21.4. The summed E-state index contributed by atoms with van der Waals surface area (Å²) in [4.78, 5) is 15.6. The molecule has 1 N–H and O–H groups in total. The summed E-state index contributed by atoms with van der Waals surface area (Å²) in [6.07, 6.45) is 10.5. The van der Waals surface area contributed by atoms with E-state index in [1.807, 2.05) is 6.07 Å². The summed E-state index contributed by atoms with van der Waals surface area (Å²) in [6.45, 7) is 3.75. The molecule has 0 aromatic heterocycles. The average Bonchev–Trinajstić information content (AvgIpc) is 2.75. The minimum Gasteiger partial charge on any atom is -0.497 e. The normalized spacial score (nSPS) is 32.9. The monoisotopic (exact) mass is 428 g/mol. The first-order chi connectivity index (χ1) is 15.0. The van der Waals surface area contributed by atoms with Gasteiger partial charge in [0, 0.05) is 18.5 Å². The highest BCUT2D eigenvalue weighted by Gasteiger charge is 2.54. The quantitative estimate of drug-likeness (QED) is 0.699. The molecule has 5 heteroatoms. The third-order valence-corrected chi connectivity index (χ3v) is 8.70. The molecule has 0 atom stereocenters. The number of carbonyl (C=O) groups is 1. The highest BCUT2D eigenvalue weighted by Crippen LogP contribution is 2.60. The second-order valence-corrected chi connectivity index (χ2v) is 10.9. The van der Waals surface area contributed by atoms with E-state index in [0.29, 0.717) is 11.8 Å². The van der Waals surface area contributed by atoms with Crippen LogP contribution >= 0.6 is 0 Å². The molecule has 0 radical (unpaired) electrons. The van der Waals surface area contributed by atoms with Gasteiger partial charge in [-0.3, -0.25) is 4.79 Å². The number of methoxy groups -OCH3 is 1. The highest BCUT2D eigenvalue weighted by atomic mass is 19.1. The standard InChI is InChI=1S/C26H37FN2O2/c1-31-23-2-3-24(27)22(14-23)13-18-4-7-29(8-5-18)9-6-28-25(30)26-15-19-10-20(16-26)12-21(11-19)17-26/h2-3,14,18-21H,4-13,15-17H2,1H3,(H,28,30). The van der Waals surface area contributed by atoms with Gasteiger partial charge in [-0.15, -0.1) is 0 Å². The van der Waals surface area contributed by atoms with Crippen LogP contribution in [0.1, 0.15) is 56.9 Å². The predicted molar refractivity (Wildman–Crippen MR) is 119 cm³/mol. The van der Waals surface area contributed by atoms with Crippen molar-refractivity contribution >= 4 is 5.91 Å². The van der Waals surface area contributed by atoms with Crippen LogP contribution in [0.3, 0.4) is 0 Å². The second kappa shape index (κ2) is 8.73. The molecule has 5 fully saturated rings. The van der Waals surface area contributed by atoms with Crippen molar-refractivity contribution in [1.29, 1.82) is 0 Å². The molecule has 6 rings (SSSR count).